The summed E-state index contributed by atoms with van der Waals surface area (Å²) >= 11 is 5.75. The number of nitrogens with one attached hydrogen (secondary N) is 1. The monoisotopic (exact) mass is 285 g/mol. The van der Waals surface area contributed by atoms with E-state index in [4.69, 9.17) is 11.6 Å². The van der Waals surface area contributed by atoms with Crippen LogP contribution < -0.4 is 5.32 Å². The molecule has 1 aromatic rings. The van der Waals surface area contributed by atoms with Crippen LogP contribution in [0, 0.1) is 5.82 Å². The van der Waals surface area contributed by atoms with Gasteiger partial charge < -0.3 is 10.1 Å². The van der Waals surface area contributed by atoms with E-state index in [-0.39, 0.29) is 23.9 Å². The fourth-order valence-electron chi connectivity index (χ4n) is 1.24. The van der Waals surface area contributed by atoms with Gasteiger partial charge in [0.1, 0.15) is 12.4 Å². The third-order valence-corrected chi connectivity index (χ3v) is 2.31. The maximum absolute atomic E-state index is 13.3. The second-order valence-electron chi connectivity index (χ2n) is 3.54. The van der Waals surface area contributed by atoms with Gasteiger partial charge in [-0.05, 0) is 18.6 Å². The Bertz CT molecular complexity index is 364. The van der Waals surface area contributed by atoms with Crippen LogP contribution in [0.1, 0.15) is 6.42 Å². The third-order valence-electron chi connectivity index (χ3n) is 2.00. The van der Waals surface area contributed by atoms with Crippen LogP contribution in [-0.2, 0) is 4.74 Å². The molecular formula is C11H12ClF4NO. The molecule has 0 saturated carbocycles. The van der Waals surface area contributed by atoms with Gasteiger partial charge in [-0.15, -0.1) is 0 Å². The number of alkyl halides is 3. The molecule has 7 heteroatoms. The van der Waals surface area contributed by atoms with E-state index in [1.807, 2.05) is 0 Å². The predicted octanol–water partition coefficient (Wildman–Crippen LogP) is 3.86. The number of benzene rings is 1. The minimum absolute atomic E-state index is 0.0570. The lowest BCUT2D eigenvalue weighted by molar-refractivity contribution is -0.173. The minimum atomic E-state index is -4.32. The lowest BCUT2D eigenvalue weighted by Crippen LogP contribution is -2.18. The summed E-state index contributed by atoms with van der Waals surface area (Å²) in [4.78, 5) is 0. The lowest BCUT2D eigenvalue weighted by Gasteiger charge is -2.10. The molecule has 0 aliphatic rings. The molecule has 0 radical (unpaired) electrons. The molecule has 1 aromatic carbocycles. The highest BCUT2D eigenvalue weighted by atomic mass is 35.5. The summed E-state index contributed by atoms with van der Waals surface area (Å²) in [7, 11) is 0. The van der Waals surface area contributed by atoms with Crippen molar-refractivity contribution in [2.75, 3.05) is 25.1 Å². The average molecular weight is 286 g/mol. The first-order valence-electron chi connectivity index (χ1n) is 5.22. The van der Waals surface area contributed by atoms with Crippen molar-refractivity contribution in [1.29, 1.82) is 0 Å². The van der Waals surface area contributed by atoms with E-state index in [9.17, 15) is 17.6 Å². The molecule has 102 valence electrons. The minimum Gasteiger partial charge on any atom is -0.381 e. The molecule has 0 aromatic heterocycles. The van der Waals surface area contributed by atoms with E-state index in [1.165, 1.54) is 18.2 Å². The van der Waals surface area contributed by atoms with Crippen LogP contribution in [0.4, 0.5) is 23.2 Å². The van der Waals surface area contributed by atoms with Gasteiger partial charge in [0.25, 0.3) is 0 Å². The summed E-state index contributed by atoms with van der Waals surface area (Å²) in [5.41, 5.74) is 0.148. The van der Waals surface area contributed by atoms with Crippen LogP contribution in [0.2, 0.25) is 5.02 Å². The molecule has 1 rings (SSSR count). The van der Waals surface area contributed by atoms with Gasteiger partial charge in [-0.3, -0.25) is 0 Å². The highest BCUT2D eigenvalue weighted by Crippen LogP contribution is 2.24. The molecule has 0 unspecified atom stereocenters. The quantitative estimate of drug-likeness (QED) is 0.633. The summed E-state index contributed by atoms with van der Waals surface area (Å²) in [5, 5.41) is 2.94. The Kier molecular flexibility index (Phi) is 5.68. The SMILES string of the molecule is Fc1cccc(Cl)c1NCCCOCC(F)(F)F. The fraction of sp³-hybridized carbons (Fsp3) is 0.455. The van der Waals surface area contributed by atoms with Crippen molar-refractivity contribution in [2.24, 2.45) is 0 Å². The highest BCUT2D eigenvalue weighted by molar-refractivity contribution is 6.33. The van der Waals surface area contributed by atoms with Crippen LogP contribution in [0.3, 0.4) is 0 Å². The van der Waals surface area contributed by atoms with Gasteiger partial charge in [0.05, 0.1) is 10.7 Å². The Morgan fingerprint density at radius 1 is 1.28 bits per heavy atom. The maximum Gasteiger partial charge on any atom is 0.411 e. The van der Waals surface area contributed by atoms with Crippen LogP contribution in [-0.4, -0.2) is 25.9 Å². The highest BCUT2D eigenvalue weighted by Gasteiger charge is 2.27. The maximum atomic E-state index is 13.3. The lowest BCUT2D eigenvalue weighted by atomic mass is 10.3. The van der Waals surface area contributed by atoms with E-state index >= 15 is 0 Å². The van der Waals surface area contributed by atoms with Crippen molar-refractivity contribution >= 4 is 17.3 Å². The molecule has 0 spiro atoms. The predicted molar refractivity (Wildman–Crippen MR) is 61.4 cm³/mol. The third kappa shape index (κ3) is 5.55. The second kappa shape index (κ2) is 6.80. The summed E-state index contributed by atoms with van der Waals surface area (Å²) in [5.74, 6) is -0.501. The molecule has 0 aliphatic heterocycles. The van der Waals surface area contributed by atoms with Crippen molar-refractivity contribution < 1.29 is 22.3 Å². The molecule has 2 nitrogen and oxygen atoms in total. The Morgan fingerprint density at radius 2 is 2.00 bits per heavy atom. The molecule has 0 saturated heterocycles. The first-order valence-corrected chi connectivity index (χ1v) is 5.60. The second-order valence-corrected chi connectivity index (χ2v) is 3.95. The smallest absolute Gasteiger partial charge is 0.381 e. The van der Waals surface area contributed by atoms with Gasteiger partial charge in [-0.25, -0.2) is 4.39 Å². The number of halogens is 5. The van der Waals surface area contributed by atoms with E-state index in [0.29, 0.717) is 6.42 Å². The van der Waals surface area contributed by atoms with E-state index in [0.717, 1.165) is 0 Å². The van der Waals surface area contributed by atoms with E-state index in [2.05, 4.69) is 10.1 Å². The van der Waals surface area contributed by atoms with Crippen LogP contribution >= 0.6 is 11.6 Å². The summed E-state index contributed by atoms with van der Waals surface area (Å²) < 4.78 is 52.8. The fourth-order valence-corrected chi connectivity index (χ4v) is 1.47. The number of hydrogen-bond acceptors (Lipinski definition) is 2. The van der Waals surface area contributed by atoms with Gasteiger partial charge in [-0.1, -0.05) is 17.7 Å². The summed E-state index contributed by atoms with van der Waals surface area (Å²) in [6.07, 6.45) is -4.00. The molecule has 18 heavy (non-hydrogen) atoms. The van der Waals surface area contributed by atoms with Crippen molar-refractivity contribution in [1.82, 2.24) is 0 Å². The average Bonchev–Trinajstić information content (AvgIpc) is 2.25. The van der Waals surface area contributed by atoms with Gasteiger partial charge in [-0.2, -0.15) is 13.2 Å². The van der Waals surface area contributed by atoms with Crippen molar-refractivity contribution in [3.63, 3.8) is 0 Å². The van der Waals surface area contributed by atoms with Gasteiger partial charge in [0.2, 0.25) is 0 Å². The summed E-state index contributed by atoms with van der Waals surface area (Å²) in [6.45, 7) is -1.05. The number of rotatable bonds is 6. The van der Waals surface area contributed by atoms with Crippen molar-refractivity contribution in [3.05, 3.63) is 29.0 Å². The van der Waals surface area contributed by atoms with Crippen LogP contribution in [0.25, 0.3) is 0 Å². The topological polar surface area (TPSA) is 21.3 Å². The Labute approximate surface area is 107 Å². The van der Waals surface area contributed by atoms with Crippen molar-refractivity contribution in [3.8, 4) is 0 Å². The molecule has 1 N–H and O–H groups in total. The molecule has 0 bridgehead atoms. The first kappa shape index (κ1) is 15.0. The van der Waals surface area contributed by atoms with Gasteiger partial charge >= 0.3 is 6.18 Å². The Balaban J connectivity index is 2.22. The van der Waals surface area contributed by atoms with Crippen molar-refractivity contribution in [2.45, 2.75) is 12.6 Å². The zero-order valence-corrected chi connectivity index (χ0v) is 10.1. The molecule has 0 fully saturated rings. The zero-order chi connectivity index (χ0) is 13.6. The normalized spacial score (nSPS) is 11.6. The molecule has 0 aliphatic carbocycles. The molecule has 0 amide bonds. The number of anilines is 1. The largest absolute Gasteiger partial charge is 0.411 e. The Morgan fingerprint density at radius 3 is 2.61 bits per heavy atom. The van der Waals surface area contributed by atoms with E-state index < -0.39 is 18.6 Å². The van der Waals surface area contributed by atoms with Gasteiger partial charge in [0.15, 0.2) is 0 Å². The van der Waals surface area contributed by atoms with Gasteiger partial charge in [0, 0.05) is 13.2 Å². The van der Waals surface area contributed by atoms with Crippen LogP contribution in [0.15, 0.2) is 18.2 Å². The van der Waals surface area contributed by atoms with Crippen LogP contribution in [0.5, 0.6) is 0 Å². The zero-order valence-electron chi connectivity index (χ0n) is 9.36. The number of para-hydroxylation sites is 1. The molecule has 0 atom stereocenters. The number of hydrogen-bond donors (Lipinski definition) is 1. The van der Waals surface area contributed by atoms with E-state index in [1.54, 1.807) is 0 Å². The number of ether oxygens (including phenoxy) is 1. The standard InChI is InChI=1S/C11H12ClF4NO/c12-8-3-1-4-9(13)10(8)17-5-2-6-18-7-11(14,15)16/h1,3-4,17H,2,5-7H2. The Hall–Kier alpha value is -1.01. The molecule has 0 heterocycles. The summed E-state index contributed by atoms with van der Waals surface area (Å²) in [6, 6.07) is 4.23. The first-order chi connectivity index (χ1) is 8.40. The molecular weight excluding hydrogens is 274 g/mol.